The zero-order valence-corrected chi connectivity index (χ0v) is 13.3. The number of nitro benzene ring substituents is 1. The van der Waals surface area contributed by atoms with Crippen LogP contribution in [0.5, 0.6) is 0 Å². The van der Waals surface area contributed by atoms with E-state index in [4.69, 9.17) is 10.5 Å². The lowest BCUT2D eigenvalue weighted by Crippen LogP contribution is -2.16. The van der Waals surface area contributed by atoms with Gasteiger partial charge in [-0.3, -0.25) is 14.9 Å². The van der Waals surface area contributed by atoms with Crippen LogP contribution in [0.25, 0.3) is 11.3 Å². The smallest absolute Gasteiger partial charge is 0.269 e. The predicted molar refractivity (Wildman–Crippen MR) is 86.4 cm³/mol. The van der Waals surface area contributed by atoms with Gasteiger partial charge in [-0.05, 0) is 37.6 Å². The highest BCUT2D eigenvalue weighted by molar-refractivity contribution is 5.95. The molecule has 2 aromatic rings. The molecule has 0 aliphatic heterocycles. The highest BCUT2D eigenvalue weighted by atomic mass is 16.6. The standard InChI is InChI=1S/C16H19N3O4/c1-10(9-23-3)18-11(2)14(16(17)20)8-15(18)12-4-6-13(7-5-12)19(21)22/h4-8,10H,9H2,1-3H3,(H2,17,20). The lowest BCUT2D eigenvalue weighted by atomic mass is 10.1. The molecule has 1 unspecified atom stereocenters. The lowest BCUT2D eigenvalue weighted by molar-refractivity contribution is -0.384. The zero-order chi connectivity index (χ0) is 17.1. The SMILES string of the molecule is COCC(C)n1c(-c2ccc([N+](=O)[O-])cc2)cc(C(N)=O)c1C. The summed E-state index contributed by atoms with van der Waals surface area (Å²) in [6, 6.07) is 7.89. The van der Waals surface area contributed by atoms with Crippen molar-refractivity contribution in [3.63, 3.8) is 0 Å². The van der Waals surface area contributed by atoms with E-state index in [0.717, 1.165) is 17.0 Å². The molecule has 7 nitrogen and oxygen atoms in total. The molecule has 122 valence electrons. The number of rotatable bonds is 6. The number of nitro groups is 1. The highest BCUT2D eigenvalue weighted by Crippen LogP contribution is 2.30. The number of methoxy groups -OCH3 is 1. The fraction of sp³-hybridized carbons (Fsp3) is 0.312. The van der Waals surface area contributed by atoms with Gasteiger partial charge < -0.3 is 15.0 Å². The van der Waals surface area contributed by atoms with E-state index in [1.807, 2.05) is 18.4 Å². The van der Waals surface area contributed by atoms with Gasteiger partial charge in [-0.1, -0.05) is 0 Å². The molecule has 23 heavy (non-hydrogen) atoms. The molecule has 0 saturated carbocycles. The van der Waals surface area contributed by atoms with Crippen LogP contribution < -0.4 is 5.73 Å². The summed E-state index contributed by atoms with van der Waals surface area (Å²) >= 11 is 0. The first-order valence-electron chi connectivity index (χ1n) is 7.12. The van der Waals surface area contributed by atoms with Gasteiger partial charge in [-0.15, -0.1) is 0 Å². The third-order valence-corrected chi connectivity index (χ3v) is 3.78. The van der Waals surface area contributed by atoms with E-state index >= 15 is 0 Å². The summed E-state index contributed by atoms with van der Waals surface area (Å²) in [5, 5.41) is 10.8. The second-order valence-corrected chi connectivity index (χ2v) is 5.37. The van der Waals surface area contributed by atoms with E-state index in [0.29, 0.717) is 12.2 Å². The minimum absolute atomic E-state index is 0.0155. The van der Waals surface area contributed by atoms with E-state index in [-0.39, 0.29) is 11.7 Å². The summed E-state index contributed by atoms with van der Waals surface area (Å²) in [4.78, 5) is 22.0. The van der Waals surface area contributed by atoms with Crippen molar-refractivity contribution in [1.29, 1.82) is 0 Å². The van der Waals surface area contributed by atoms with Crippen molar-refractivity contribution in [2.45, 2.75) is 19.9 Å². The Labute approximate surface area is 133 Å². The summed E-state index contributed by atoms with van der Waals surface area (Å²) in [6.07, 6.45) is 0. The lowest BCUT2D eigenvalue weighted by Gasteiger charge is -2.19. The number of carbonyl (C=O) groups excluding carboxylic acids is 1. The zero-order valence-electron chi connectivity index (χ0n) is 13.3. The number of non-ortho nitro benzene ring substituents is 1. The van der Waals surface area contributed by atoms with Gasteiger partial charge in [-0.25, -0.2) is 0 Å². The number of benzene rings is 1. The number of primary amides is 1. The molecule has 1 aromatic carbocycles. The number of nitrogens with zero attached hydrogens (tertiary/aromatic N) is 2. The van der Waals surface area contributed by atoms with E-state index in [2.05, 4.69) is 0 Å². The van der Waals surface area contributed by atoms with Gasteiger partial charge in [-0.2, -0.15) is 0 Å². The molecule has 1 amide bonds. The number of carbonyl (C=O) groups is 1. The predicted octanol–water partition coefficient (Wildman–Crippen LogP) is 2.68. The maximum atomic E-state index is 11.6. The number of amides is 1. The number of hydrogen-bond donors (Lipinski definition) is 1. The topological polar surface area (TPSA) is 100 Å². The van der Waals surface area contributed by atoms with Crippen LogP contribution in [0.15, 0.2) is 30.3 Å². The molecule has 1 aromatic heterocycles. The van der Waals surface area contributed by atoms with Gasteiger partial charge in [0.2, 0.25) is 0 Å². The second-order valence-electron chi connectivity index (χ2n) is 5.37. The van der Waals surface area contributed by atoms with Crippen LogP contribution in [-0.2, 0) is 4.74 Å². The van der Waals surface area contributed by atoms with E-state index in [9.17, 15) is 14.9 Å². The molecule has 0 aliphatic carbocycles. The molecule has 1 heterocycles. The van der Waals surface area contributed by atoms with E-state index in [1.54, 1.807) is 25.3 Å². The molecular formula is C16H19N3O4. The normalized spacial score (nSPS) is 12.1. The maximum absolute atomic E-state index is 11.6. The Balaban J connectivity index is 2.57. The van der Waals surface area contributed by atoms with Crippen molar-refractivity contribution in [2.75, 3.05) is 13.7 Å². The molecule has 0 fully saturated rings. The van der Waals surface area contributed by atoms with Crippen molar-refractivity contribution in [3.8, 4) is 11.3 Å². The van der Waals surface area contributed by atoms with Crippen LogP contribution in [0.2, 0.25) is 0 Å². The van der Waals surface area contributed by atoms with Crippen LogP contribution in [-0.4, -0.2) is 29.1 Å². The third kappa shape index (κ3) is 3.24. The minimum Gasteiger partial charge on any atom is -0.383 e. The van der Waals surface area contributed by atoms with E-state index in [1.165, 1.54) is 12.1 Å². The number of hydrogen-bond acceptors (Lipinski definition) is 4. The van der Waals surface area contributed by atoms with E-state index < -0.39 is 10.8 Å². The summed E-state index contributed by atoms with van der Waals surface area (Å²) < 4.78 is 7.16. The first kappa shape index (κ1) is 16.7. The molecule has 0 bridgehead atoms. The fourth-order valence-corrected chi connectivity index (χ4v) is 2.73. The average Bonchev–Trinajstić information content (AvgIpc) is 2.85. The first-order chi connectivity index (χ1) is 10.9. The summed E-state index contributed by atoms with van der Waals surface area (Å²) in [5.41, 5.74) is 8.18. The van der Waals surface area contributed by atoms with Crippen molar-refractivity contribution >= 4 is 11.6 Å². The Bertz CT molecular complexity index is 735. The molecule has 0 aliphatic rings. The van der Waals surface area contributed by atoms with Crippen LogP contribution >= 0.6 is 0 Å². The molecule has 7 heteroatoms. The van der Waals surface area contributed by atoms with Crippen LogP contribution in [0.4, 0.5) is 5.69 Å². The third-order valence-electron chi connectivity index (χ3n) is 3.78. The number of ether oxygens (including phenoxy) is 1. The molecular weight excluding hydrogens is 298 g/mol. The van der Waals surface area contributed by atoms with Crippen molar-refractivity contribution in [2.24, 2.45) is 5.73 Å². The molecule has 0 saturated heterocycles. The summed E-state index contributed by atoms with van der Waals surface area (Å²) in [7, 11) is 1.61. The minimum atomic E-state index is -0.506. The van der Waals surface area contributed by atoms with Crippen molar-refractivity contribution in [3.05, 3.63) is 51.7 Å². The van der Waals surface area contributed by atoms with Crippen LogP contribution in [0, 0.1) is 17.0 Å². The van der Waals surface area contributed by atoms with Crippen LogP contribution in [0.1, 0.15) is 29.0 Å². The molecule has 0 radical (unpaired) electrons. The second kappa shape index (κ2) is 6.62. The molecule has 2 N–H and O–H groups in total. The Kier molecular flexibility index (Phi) is 4.80. The summed E-state index contributed by atoms with van der Waals surface area (Å²) in [6.45, 7) is 4.25. The van der Waals surface area contributed by atoms with Gasteiger partial charge in [0, 0.05) is 30.6 Å². The maximum Gasteiger partial charge on any atom is 0.269 e. The van der Waals surface area contributed by atoms with Gasteiger partial charge in [0.25, 0.3) is 11.6 Å². The summed E-state index contributed by atoms with van der Waals surface area (Å²) in [5.74, 6) is -0.506. The highest BCUT2D eigenvalue weighted by Gasteiger charge is 2.20. The van der Waals surface area contributed by atoms with Gasteiger partial charge in [0.15, 0.2) is 0 Å². The van der Waals surface area contributed by atoms with Gasteiger partial charge in [0.05, 0.1) is 23.1 Å². The van der Waals surface area contributed by atoms with Crippen molar-refractivity contribution in [1.82, 2.24) is 4.57 Å². The Morgan fingerprint density at radius 1 is 1.39 bits per heavy atom. The molecule has 1 atom stereocenters. The van der Waals surface area contributed by atoms with Gasteiger partial charge in [0.1, 0.15) is 0 Å². The Hall–Kier alpha value is -2.67. The number of aromatic nitrogens is 1. The van der Waals surface area contributed by atoms with Gasteiger partial charge >= 0.3 is 0 Å². The fourth-order valence-electron chi connectivity index (χ4n) is 2.73. The number of nitrogens with two attached hydrogens (primary N) is 1. The monoisotopic (exact) mass is 317 g/mol. The Morgan fingerprint density at radius 2 is 2.00 bits per heavy atom. The molecule has 0 spiro atoms. The average molecular weight is 317 g/mol. The largest absolute Gasteiger partial charge is 0.383 e. The first-order valence-corrected chi connectivity index (χ1v) is 7.12. The van der Waals surface area contributed by atoms with Crippen molar-refractivity contribution < 1.29 is 14.5 Å². The quantitative estimate of drug-likeness (QED) is 0.653. The van der Waals surface area contributed by atoms with Crippen LogP contribution in [0.3, 0.4) is 0 Å². The molecule has 2 rings (SSSR count). The Morgan fingerprint density at radius 3 is 2.48 bits per heavy atom.